The van der Waals surface area contributed by atoms with Crippen molar-refractivity contribution < 1.29 is 18.6 Å². The van der Waals surface area contributed by atoms with E-state index in [2.05, 4.69) is 20.5 Å². The molecule has 3 saturated heterocycles. The number of nitrogens with zero attached hydrogens (tertiary/aromatic N) is 6. The molecular weight excluding hydrogens is 360 g/mol. The van der Waals surface area contributed by atoms with E-state index in [1.165, 1.54) is 10.6 Å². The van der Waals surface area contributed by atoms with Crippen LogP contribution < -0.4 is 15.0 Å². The lowest BCUT2D eigenvalue weighted by atomic mass is 9.92. The molecule has 2 bridgehead atoms. The van der Waals surface area contributed by atoms with Crippen LogP contribution in [-0.4, -0.2) is 67.4 Å². The number of fused-ring (bicyclic) bond motifs is 3. The molecule has 2 unspecified atom stereocenters. The van der Waals surface area contributed by atoms with Gasteiger partial charge in [-0.05, 0) is 24.6 Å². The fraction of sp³-hybridized carbons (Fsp3) is 0.438. The largest absolute Gasteiger partial charge is 0.427 e. The number of ether oxygens (including phenoxy) is 1. The van der Waals surface area contributed by atoms with Crippen LogP contribution >= 0.6 is 0 Å². The molecule has 3 aliphatic rings. The van der Waals surface area contributed by atoms with Crippen molar-refractivity contribution in [1.82, 2.24) is 29.7 Å². The Kier molecular flexibility index (Phi) is 3.56. The van der Waals surface area contributed by atoms with Gasteiger partial charge in [-0.25, -0.2) is 4.68 Å². The second-order valence-electron chi connectivity index (χ2n) is 6.75. The summed E-state index contributed by atoms with van der Waals surface area (Å²) in [6.45, 7) is 0.0865. The minimum Gasteiger partial charge on any atom is -0.427 e. The molecule has 0 spiro atoms. The number of halogens is 2. The fourth-order valence-electron chi connectivity index (χ4n) is 3.58. The number of piperazine rings is 1. The van der Waals surface area contributed by atoms with Crippen molar-refractivity contribution in [3.05, 3.63) is 30.6 Å². The van der Waals surface area contributed by atoms with Gasteiger partial charge in [-0.2, -0.15) is 23.4 Å². The Balaban J connectivity index is 1.60. The van der Waals surface area contributed by atoms with Crippen LogP contribution in [0.1, 0.15) is 6.42 Å². The van der Waals surface area contributed by atoms with Crippen LogP contribution in [0, 0.1) is 0 Å². The molecule has 142 valence electrons. The molecular formula is C16H17F2N7O2. The van der Waals surface area contributed by atoms with Crippen LogP contribution in [0.4, 0.5) is 14.7 Å². The summed E-state index contributed by atoms with van der Waals surface area (Å²) in [5.41, 5.74) is 0.137. The lowest BCUT2D eigenvalue weighted by Crippen LogP contribution is -2.67. The molecule has 3 aromatic heterocycles. The highest BCUT2D eigenvalue weighted by Crippen LogP contribution is 2.30. The topological polar surface area (TPSA) is 92.7 Å². The number of piperidine rings is 1. The average molecular weight is 377 g/mol. The molecule has 27 heavy (non-hydrogen) atoms. The number of nitrogens with one attached hydrogen (secondary N) is 1. The van der Waals surface area contributed by atoms with Gasteiger partial charge in [0, 0.05) is 37.6 Å². The molecule has 6 heterocycles. The van der Waals surface area contributed by atoms with Gasteiger partial charge in [-0.3, -0.25) is 0 Å². The van der Waals surface area contributed by atoms with Crippen LogP contribution in [0.2, 0.25) is 0 Å². The lowest BCUT2D eigenvalue weighted by Gasteiger charge is -2.47. The van der Waals surface area contributed by atoms with Crippen LogP contribution in [-0.2, 0) is 0 Å². The molecule has 2 atom stereocenters. The van der Waals surface area contributed by atoms with Gasteiger partial charge in [0.05, 0.1) is 0 Å². The van der Waals surface area contributed by atoms with Crippen molar-refractivity contribution in [2.45, 2.75) is 24.6 Å². The van der Waals surface area contributed by atoms with Gasteiger partial charge >= 0.3 is 6.11 Å². The lowest BCUT2D eigenvalue weighted by molar-refractivity contribution is -0.200. The summed E-state index contributed by atoms with van der Waals surface area (Å²) in [4.78, 5) is 6.48. The van der Waals surface area contributed by atoms with Crippen molar-refractivity contribution in [3.63, 3.8) is 0 Å². The Morgan fingerprint density at radius 3 is 2.74 bits per heavy atom. The molecule has 9 nitrogen and oxygen atoms in total. The van der Waals surface area contributed by atoms with Crippen molar-refractivity contribution in [2.24, 2.45) is 0 Å². The van der Waals surface area contributed by atoms with E-state index in [1.807, 2.05) is 4.90 Å². The Morgan fingerprint density at radius 2 is 2.07 bits per heavy atom. The molecule has 2 N–H and O–H groups in total. The summed E-state index contributed by atoms with van der Waals surface area (Å²) in [7, 11) is 0. The molecule has 3 aliphatic heterocycles. The molecule has 0 radical (unpaired) electrons. The Morgan fingerprint density at radius 1 is 1.30 bits per heavy atom. The molecule has 0 aliphatic carbocycles. The number of alkyl halides is 2. The third-order valence-electron chi connectivity index (χ3n) is 4.80. The fourth-order valence-corrected chi connectivity index (χ4v) is 3.58. The number of rotatable bonds is 5. The predicted octanol–water partition coefficient (Wildman–Crippen LogP) is 0.429. The number of hydrogen-bond donors (Lipinski definition) is 2. The third kappa shape index (κ3) is 2.79. The zero-order valence-corrected chi connectivity index (χ0v) is 14.2. The minimum absolute atomic E-state index is 0.137. The molecule has 0 saturated carbocycles. The van der Waals surface area contributed by atoms with E-state index in [0.717, 1.165) is 19.5 Å². The molecule has 11 heteroatoms. The van der Waals surface area contributed by atoms with E-state index in [9.17, 15) is 8.78 Å². The summed E-state index contributed by atoms with van der Waals surface area (Å²) < 4.78 is 34.9. The van der Waals surface area contributed by atoms with Crippen LogP contribution in [0.5, 0.6) is 5.75 Å². The second kappa shape index (κ2) is 5.86. The van der Waals surface area contributed by atoms with Gasteiger partial charge < -0.3 is 20.1 Å². The first-order valence-corrected chi connectivity index (χ1v) is 8.61. The number of pyridine rings is 1. The zero-order valence-electron chi connectivity index (χ0n) is 14.2. The van der Waals surface area contributed by atoms with Gasteiger partial charge in [0.1, 0.15) is 6.61 Å². The first-order chi connectivity index (χ1) is 13.0. The summed E-state index contributed by atoms with van der Waals surface area (Å²) in [5.74, 6) is 0.820. The summed E-state index contributed by atoms with van der Waals surface area (Å²) in [6, 6.07) is 5.49. The molecule has 0 amide bonds. The van der Waals surface area contributed by atoms with E-state index in [4.69, 9.17) is 9.84 Å². The summed E-state index contributed by atoms with van der Waals surface area (Å²) in [5, 5.41) is 20.9. The van der Waals surface area contributed by atoms with Gasteiger partial charge in [-0.15, -0.1) is 5.10 Å². The molecule has 6 rings (SSSR count). The first kappa shape index (κ1) is 16.4. The van der Waals surface area contributed by atoms with Gasteiger partial charge in [0.2, 0.25) is 11.6 Å². The maximum absolute atomic E-state index is 13.6. The Hall–Kier alpha value is -2.79. The van der Waals surface area contributed by atoms with Crippen LogP contribution in [0.3, 0.4) is 0 Å². The van der Waals surface area contributed by atoms with Crippen molar-refractivity contribution in [3.8, 4) is 11.6 Å². The standard InChI is InChI=1S/C16H17F2N7O2/c17-16(18,9-26)27-12-2-3-13(24-5-1-4-19-24)25-14(12)21-15(22-25)23-7-10-6-11(8-23)20-10/h1-5,10-11,20,26H,6-9H2. The quantitative estimate of drug-likeness (QED) is 0.666. The smallest absolute Gasteiger partial charge is 0.421 e. The maximum Gasteiger partial charge on any atom is 0.421 e. The highest BCUT2D eigenvalue weighted by Gasteiger charge is 2.38. The normalized spacial score (nSPS) is 22.1. The number of aliphatic hydroxyl groups is 1. The number of anilines is 1. The van der Waals surface area contributed by atoms with Crippen molar-refractivity contribution in [1.29, 1.82) is 0 Å². The number of aromatic nitrogens is 5. The number of hydrogen-bond acceptors (Lipinski definition) is 7. The minimum atomic E-state index is -3.71. The zero-order chi connectivity index (χ0) is 18.6. The van der Waals surface area contributed by atoms with Crippen LogP contribution in [0.25, 0.3) is 11.5 Å². The van der Waals surface area contributed by atoms with E-state index >= 15 is 0 Å². The van der Waals surface area contributed by atoms with E-state index in [-0.39, 0.29) is 11.4 Å². The highest BCUT2D eigenvalue weighted by atomic mass is 19.3. The first-order valence-electron chi connectivity index (χ1n) is 8.61. The maximum atomic E-state index is 13.6. The Labute approximate surface area is 152 Å². The van der Waals surface area contributed by atoms with E-state index in [0.29, 0.717) is 23.8 Å². The monoisotopic (exact) mass is 377 g/mol. The summed E-state index contributed by atoms with van der Waals surface area (Å²) >= 11 is 0. The highest BCUT2D eigenvalue weighted by molar-refractivity contribution is 5.59. The van der Waals surface area contributed by atoms with Crippen molar-refractivity contribution >= 4 is 11.6 Å². The summed E-state index contributed by atoms with van der Waals surface area (Å²) in [6.07, 6.45) is 0.743. The third-order valence-corrected chi connectivity index (χ3v) is 4.80. The van der Waals surface area contributed by atoms with Gasteiger partial charge in [0.15, 0.2) is 11.6 Å². The van der Waals surface area contributed by atoms with Crippen molar-refractivity contribution in [2.75, 3.05) is 24.6 Å². The predicted molar refractivity (Wildman–Crippen MR) is 90.3 cm³/mol. The van der Waals surface area contributed by atoms with Gasteiger partial charge in [-0.1, -0.05) is 0 Å². The average Bonchev–Trinajstić information content (AvgIpc) is 3.31. The van der Waals surface area contributed by atoms with E-state index in [1.54, 1.807) is 29.2 Å². The van der Waals surface area contributed by atoms with Gasteiger partial charge in [0.25, 0.3) is 0 Å². The molecule has 3 aromatic rings. The Bertz CT molecular complexity index is 959. The van der Waals surface area contributed by atoms with E-state index < -0.39 is 12.7 Å². The molecule has 3 fully saturated rings. The van der Waals surface area contributed by atoms with Crippen LogP contribution in [0.15, 0.2) is 30.6 Å². The second-order valence-corrected chi connectivity index (χ2v) is 6.75. The molecule has 0 aromatic carbocycles. The number of aliphatic hydroxyl groups excluding tert-OH is 1. The SMILES string of the molecule is OCC(F)(F)Oc1ccc(-n2cccn2)n2nc(N3CC4CC(C3)N4)nc12.